The minimum Gasteiger partial charge on any atom is -0.491 e. The summed E-state index contributed by atoms with van der Waals surface area (Å²) < 4.78 is 5.18. The van der Waals surface area contributed by atoms with Gasteiger partial charge in [-0.3, -0.25) is 5.10 Å². The van der Waals surface area contributed by atoms with Crippen LogP contribution >= 0.6 is 0 Å². The number of aromatic nitrogens is 4. The highest BCUT2D eigenvalue weighted by atomic mass is 16.5. The van der Waals surface area contributed by atoms with Gasteiger partial charge >= 0.3 is 0 Å². The van der Waals surface area contributed by atoms with Gasteiger partial charge in [0.25, 0.3) is 0 Å². The Morgan fingerprint density at radius 2 is 2.11 bits per heavy atom. The minimum absolute atomic E-state index is 0.558. The number of hydrogen-bond acceptors (Lipinski definition) is 5. The van der Waals surface area contributed by atoms with Crippen molar-refractivity contribution >= 4 is 16.7 Å². The number of para-hydroxylation sites is 1. The van der Waals surface area contributed by atoms with Crippen molar-refractivity contribution in [3.05, 3.63) is 30.5 Å². The predicted octanol–water partition coefficient (Wildman–Crippen LogP) is 2.07. The molecule has 0 spiro atoms. The Kier molecular flexibility index (Phi) is 2.75. The number of hydrogen-bond donors (Lipinski definition) is 2. The lowest BCUT2D eigenvalue weighted by atomic mass is 10.2. The van der Waals surface area contributed by atoms with Gasteiger partial charge in [0, 0.05) is 12.4 Å². The summed E-state index contributed by atoms with van der Waals surface area (Å²) >= 11 is 0. The maximum absolute atomic E-state index is 5.18. The number of nitrogens with zero attached hydrogens (tertiary/aromatic N) is 3. The zero-order valence-electron chi connectivity index (χ0n) is 10.6. The van der Waals surface area contributed by atoms with Crippen LogP contribution in [0.1, 0.15) is 0 Å². The summed E-state index contributed by atoms with van der Waals surface area (Å²) in [6.07, 6.45) is 1.64. The molecule has 0 saturated heterocycles. The van der Waals surface area contributed by atoms with Crippen molar-refractivity contribution in [3.8, 4) is 17.3 Å². The molecule has 0 radical (unpaired) electrons. The summed E-state index contributed by atoms with van der Waals surface area (Å²) in [4.78, 5) is 8.72. The van der Waals surface area contributed by atoms with E-state index in [1.54, 1.807) is 20.4 Å². The van der Waals surface area contributed by atoms with Crippen LogP contribution in [0.15, 0.2) is 30.5 Å². The molecule has 0 amide bonds. The van der Waals surface area contributed by atoms with Crippen molar-refractivity contribution in [2.24, 2.45) is 0 Å². The smallest absolute Gasteiger partial charge is 0.182 e. The van der Waals surface area contributed by atoms with Gasteiger partial charge in [0.15, 0.2) is 17.4 Å². The second-order valence-electron chi connectivity index (χ2n) is 3.98. The van der Waals surface area contributed by atoms with Crippen molar-refractivity contribution in [1.82, 2.24) is 20.2 Å². The summed E-state index contributed by atoms with van der Waals surface area (Å²) in [6.45, 7) is 0. The molecule has 2 aromatic heterocycles. The molecule has 0 bridgehead atoms. The third-order valence-electron chi connectivity index (χ3n) is 2.89. The number of rotatable bonds is 3. The lowest BCUT2D eigenvalue weighted by molar-refractivity contribution is 0.413. The first-order valence-corrected chi connectivity index (χ1v) is 5.85. The van der Waals surface area contributed by atoms with E-state index < -0.39 is 0 Å². The summed E-state index contributed by atoms with van der Waals surface area (Å²) in [6, 6.07) is 7.87. The van der Waals surface area contributed by atoms with Gasteiger partial charge in [-0.15, -0.1) is 0 Å². The Morgan fingerprint density at radius 1 is 1.26 bits per heavy atom. The summed E-state index contributed by atoms with van der Waals surface area (Å²) in [5.41, 5.74) is 1.69. The van der Waals surface area contributed by atoms with Crippen molar-refractivity contribution < 1.29 is 4.74 Å². The maximum atomic E-state index is 5.18. The molecule has 0 fully saturated rings. The molecule has 6 heteroatoms. The van der Waals surface area contributed by atoms with Crippen molar-refractivity contribution in [3.63, 3.8) is 0 Å². The molecular formula is C13H13N5O. The van der Waals surface area contributed by atoms with Crippen LogP contribution in [0.25, 0.3) is 22.4 Å². The molecule has 0 atom stereocenters. The van der Waals surface area contributed by atoms with Gasteiger partial charge in [0.1, 0.15) is 5.69 Å². The first-order chi connectivity index (χ1) is 9.33. The molecule has 0 aliphatic rings. The molecule has 19 heavy (non-hydrogen) atoms. The van der Waals surface area contributed by atoms with Crippen molar-refractivity contribution in [2.75, 3.05) is 19.5 Å². The van der Waals surface area contributed by atoms with Crippen LogP contribution in [0.5, 0.6) is 5.75 Å². The summed E-state index contributed by atoms with van der Waals surface area (Å²) in [7, 11) is 3.38. The first-order valence-electron chi connectivity index (χ1n) is 5.85. The highest BCUT2D eigenvalue weighted by molar-refractivity contribution is 5.91. The van der Waals surface area contributed by atoms with Gasteiger partial charge in [0.2, 0.25) is 0 Å². The Bertz CT molecular complexity index is 722. The Balaban J connectivity index is 2.16. The van der Waals surface area contributed by atoms with E-state index in [0.29, 0.717) is 17.4 Å². The van der Waals surface area contributed by atoms with Crippen molar-refractivity contribution in [1.29, 1.82) is 0 Å². The molecule has 3 rings (SSSR count). The fraction of sp³-hybridized carbons (Fsp3) is 0.154. The number of ether oxygens (including phenoxy) is 1. The molecule has 0 aliphatic carbocycles. The summed E-state index contributed by atoms with van der Waals surface area (Å²) in [5, 5.41) is 11.2. The highest BCUT2D eigenvalue weighted by Crippen LogP contribution is 2.27. The zero-order valence-corrected chi connectivity index (χ0v) is 10.6. The first kappa shape index (κ1) is 11.5. The van der Waals surface area contributed by atoms with E-state index in [1.165, 1.54) is 0 Å². The maximum Gasteiger partial charge on any atom is 0.182 e. The molecule has 96 valence electrons. The average Bonchev–Trinajstić information content (AvgIpc) is 2.90. The van der Waals surface area contributed by atoms with Crippen LogP contribution in [-0.4, -0.2) is 34.3 Å². The fourth-order valence-electron chi connectivity index (χ4n) is 1.95. The van der Waals surface area contributed by atoms with Crippen LogP contribution in [0.2, 0.25) is 0 Å². The van der Waals surface area contributed by atoms with Gasteiger partial charge < -0.3 is 10.1 Å². The van der Waals surface area contributed by atoms with Gasteiger partial charge in [-0.2, -0.15) is 5.10 Å². The molecule has 0 unspecified atom stereocenters. The molecule has 0 saturated carbocycles. The van der Waals surface area contributed by atoms with Gasteiger partial charge in [-0.1, -0.05) is 18.2 Å². The second kappa shape index (κ2) is 4.56. The number of methoxy groups -OCH3 is 1. The quantitative estimate of drug-likeness (QED) is 0.749. The SMILES string of the molecule is CNc1nc(-c2n[nH]c3ccccc23)ncc1OC. The molecule has 0 aliphatic heterocycles. The van der Waals surface area contributed by atoms with E-state index in [1.807, 2.05) is 24.3 Å². The Labute approximate surface area is 109 Å². The molecular weight excluding hydrogens is 242 g/mol. The zero-order chi connectivity index (χ0) is 13.2. The minimum atomic E-state index is 0.558. The van der Waals surface area contributed by atoms with Crippen LogP contribution in [0.4, 0.5) is 5.82 Å². The monoisotopic (exact) mass is 255 g/mol. The topological polar surface area (TPSA) is 75.7 Å². The Morgan fingerprint density at radius 3 is 2.89 bits per heavy atom. The predicted molar refractivity (Wildman–Crippen MR) is 73.2 cm³/mol. The average molecular weight is 255 g/mol. The molecule has 3 aromatic rings. The van der Waals surface area contributed by atoms with Crippen molar-refractivity contribution in [2.45, 2.75) is 0 Å². The number of fused-ring (bicyclic) bond motifs is 1. The third kappa shape index (κ3) is 1.87. The largest absolute Gasteiger partial charge is 0.491 e. The number of anilines is 1. The van der Waals surface area contributed by atoms with Gasteiger partial charge in [-0.25, -0.2) is 9.97 Å². The van der Waals surface area contributed by atoms with Crippen LogP contribution < -0.4 is 10.1 Å². The third-order valence-corrected chi connectivity index (χ3v) is 2.89. The van der Waals surface area contributed by atoms with Gasteiger partial charge in [0.05, 0.1) is 18.8 Å². The fourth-order valence-corrected chi connectivity index (χ4v) is 1.95. The van der Waals surface area contributed by atoms with E-state index in [9.17, 15) is 0 Å². The number of H-pyrrole nitrogens is 1. The van der Waals surface area contributed by atoms with E-state index in [2.05, 4.69) is 25.5 Å². The lowest BCUT2D eigenvalue weighted by Gasteiger charge is -2.07. The molecule has 2 heterocycles. The highest BCUT2D eigenvalue weighted by Gasteiger charge is 2.13. The van der Waals surface area contributed by atoms with E-state index in [-0.39, 0.29) is 0 Å². The van der Waals surface area contributed by atoms with E-state index >= 15 is 0 Å². The van der Waals surface area contributed by atoms with E-state index in [0.717, 1.165) is 16.6 Å². The molecule has 2 N–H and O–H groups in total. The Hall–Kier alpha value is -2.63. The lowest BCUT2D eigenvalue weighted by Crippen LogP contribution is -2.00. The molecule has 1 aromatic carbocycles. The summed E-state index contributed by atoms with van der Waals surface area (Å²) in [5.74, 6) is 1.80. The standard InChI is InChI=1S/C13H13N5O/c1-14-12-10(19-2)7-15-13(16-12)11-8-5-3-4-6-9(8)17-18-11/h3-7H,1-2H3,(H,17,18)(H,14,15,16). The normalized spacial score (nSPS) is 10.6. The number of aromatic amines is 1. The van der Waals surface area contributed by atoms with Crippen LogP contribution in [-0.2, 0) is 0 Å². The van der Waals surface area contributed by atoms with E-state index in [4.69, 9.17) is 4.74 Å². The molecule has 6 nitrogen and oxygen atoms in total. The van der Waals surface area contributed by atoms with Crippen LogP contribution in [0, 0.1) is 0 Å². The second-order valence-corrected chi connectivity index (χ2v) is 3.98. The van der Waals surface area contributed by atoms with Crippen LogP contribution in [0.3, 0.4) is 0 Å². The number of benzene rings is 1. The number of nitrogens with one attached hydrogen (secondary N) is 2. The van der Waals surface area contributed by atoms with Gasteiger partial charge in [-0.05, 0) is 6.07 Å².